The molecule has 28 heavy (non-hydrogen) atoms. The summed E-state index contributed by atoms with van der Waals surface area (Å²) in [6.07, 6.45) is 3.70. The van der Waals surface area contributed by atoms with Crippen LogP contribution >= 0.6 is 0 Å². The van der Waals surface area contributed by atoms with Gasteiger partial charge in [0.15, 0.2) is 0 Å². The van der Waals surface area contributed by atoms with E-state index in [1.54, 1.807) is 0 Å². The third-order valence-corrected chi connectivity index (χ3v) is 6.76. The topological polar surface area (TPSA) is 67.8 Å². The van der Waals surface area contributed by atoms with Crippen molar-refractivity contribution < 1.29 is 19.2 Å². The van der Waals surface area contributed by atoms with Crippen molar-refractivity contribution in [2.75, 3.05) is 0 Å². The van der Waals surface area contributed by atoms with E-state index in [4.69, 9.17) is 9.31 Å². The molecule has 0 atom stereocenters. The van der Waals surface area contributed by atoms with Crippen LogP contribution < -0.4 is 10.8 Å². The zero-order valence-corrected chi connectivity index (χ0v) is 18.0. The normalized spacial score (nSPS) is 26.9. The van der Waals surface area contributed by atoms with Gasteiger partial charge in [-0.1, -0.05) is 12.1 Å². The van der Waals surface area contributed by atoms with E-state index < -0.39 is 12.7 Å². The molecule has 2 N–H and O–H groups in total. The Morgan fingerprint density at radius 1 is 1.04 bits per heavy atom. The molecule has 0 aromatic heterocycles. The number of aliphatic hydroxyl groups is 1. The highest BCUT2D eigenvalue weighted by Gasteiger charge is 2.51. The lowest BCUT2D eigenvalue weighted by atomic mass is 9.77. The average molecular weight is 387 g/mol. The molecule has 0 radical (unpaired) electrons. The van der Waals surface area contributed by atoms with Crippen molar-refractivity contribution in [1.29, 1.82) is 0 Å². The van der Waals surface area contributed by atoms with Gasteiger partial charge in [-0.2, -0.15) is 0 Å². The van der Waals surface area contributed by atoms with E-state index in [9.17, 15) is 9.90 Å². The Hall–Kier alpha value is -1.37. The first-order chi connectivity index (χ1) is 12.9. The molecule has 0 bridgehead atoms. The van der Waals surface area contributed by atoms with Gasteiger partial charge >= 0.3 is 7.12 Å². The van der Waals surface area contributed by atoms with Crippen molar-refractivity contribution in [1.82, 2.24) is 5.32 Å². The summed E-state index contributed by atoms with van der Waals surface area (Å²) in [5.41, 5.74) is 0.162. The van der Waals surface area contributed by atoms with Gasteiger partial charge in [0.25, 0.3) is 5.91 Å². The van der Waals surface area contributed by atoms with Gasteiger partial charge in [-0.15, -0.1) is 0 Å². The van der Waals surface area contributed by atoms with Gasteiger partial charge in [0, 0.05) is 11.6 Å². The van der Waals surface area contributed by atoms with E-state index in [-0.39, 0.29) is 23.2 Å². The average Bonchev–Trinajstić information content (AvgIpc) is 2.82. The van der Waals surface area contributed by atoms with Crippen LogP contribution in [0.1, 0.15) is 77.6 Å². The minimum Gasteiger partial charge on any atom is -0.399 e. The van der Waals surface area contributed by atoms with Crippen molar-refractivity contribution in [2.45, 2.75) is 90.1 Å². The zero-order chi connectivity index (χ0) is 20.7. The van der Waals surface area contributed by atoms with Gasteiger partial charge in [-0.3, -0.25) is 4.79 Å². The summed E-state index contributed by atoms with van der Waals surface area (Å²) in [5, 5.41) is 13.3. The molecular formula is C22H34BNO4. The van der Waals surface area contributed by atoms with Gasteiger partial charge in [0.1, 0.15) is 0 Å². The molecule has 2 fully saturated rings. The molecular weight excluding hydrogens is 353 g/mol. The Kier molecular flexibility index (Phi) is 5.70. The first-order valence-corrected chi connectivity index (χ1v) is 10.4. The molecule has 1 heterocycles. The number of benzene rings is 1. The summed E-state index contributed by atoms with van der Waals surface area (Å²) in [6.45, 7) is 11.9. The molecule has 3 rings (SSSR count). The van der Waals surface area contributed by atoms with Crippen LogP contribution in [-0.4, -0.2) is 41.0 Å². The Bertz CT molecular complexity index is 684. The molecule has 1 saturated heterocycles. The number of amides is 1. The van der Waals surface area contributed by atoms with E-state index in [1.165, 1.54) is 0 Å². The van der Waals surface area contributed by atoms with Crippen LogP contribution in [0.15, 0.2) is 24.3 Å². The van der Waals surface area contributed by atoms with Crippen molar-refractivity contribution in [2.24, 2.45) is 5.92 Å². The molecule has 6 heteroatoms. The number of rotatable bonds is 4. The highest BCUT2D eigenvalue weighted by molar-refractivity contribution is 6.62. The molecule has 1 amide bonds. The monoisotopic (exact) mass is 387 g/mol. The van der Waals surface area contributed by atoms with E-state index in [0.717, 1.165) is 31.1 Å². The van der Waals surface area contributed by atoms with Crippen LogP contribution in [0, 0.1) is 5.92 Å². The largest absolute Gasteiger partial charge is 0.494 e. The Morgan fingerprint density at radius 2 is 1.54 bits per heavy atom. The number of nitrogens with one attached hydrogen (secondary N) is 1. The maximum absolute atomic E-state index is 12.6. The van der Waals surface area contributed by atoms with Crippen molar-refractivity contribution in [3.05, 3.63) is 29.8 Å². The molecule has 1 saturated carbocycles. The molecule has 1 aliphatic heterocycles. The van der Waals surface area contributed by atoms with Gasteiger partial charge in [0.2, 0.25) is 0 Å². The van der Waals surface area contributed by atoms with E-state index >= 15 is 0 Å². The molecule has 1 aromatic rings. The number of carbonyl (C=O) groups excluding carboxylic acids is 1. The first-order valence-electron chi connectivity index (χ1n) is 10.4. The summed E-state index contributed by atoms with van der Waals surface area (Å²) in [4.78, 5) is 12.6. The summed E-state index contributed by atoms with van der Waals surface area (Å²) in [5.74, 6) is 0.257. The Balaban J connectivity index is 1.57. The van der Waals surface area contributed by atoms with Crippen LogP contribution in [0.2, 0.25) is 0 Å². The lowest BCUT2D eigenvalue weighted by Gasteiger charge is -2.36. The van der Waals surface area contributed by atoms with Crippen LogP contribution in [0.3, 0.4) is 0 Å². The number of hydrogen-bond acceptors (Lipinski definition) is 4. The second-order valence-electron chi connectivity index (χ2n) is 9.89. The Labute approximate surface area is 169 Å². The summed E-state index contributed by atoms with van der Waals surface area (Å²) in [6, 6.07) is 7.65. The highest BCUT2D eigenvalue weighted by atomic mass is 16.7. The van der Waals surface area contributed by atoms with E-state index in [2.05, 4.69) is 5.32 Å². The van der Waals surface area contributed by atoms with Crippen LogP contribution in [0.25, 0.3) is 0 Å². The van der Waals surface area contributed by atoms with Gasteiger partial charge in [-0.25, -0.2) is 0 Å². The summed E-state index contributed by atoms with van der Waals surface area (Å²) in [7, 11) is -0.417. The van der Waals surface area contributed by atoms with Crippen molar-refractivity contribution >= 4 is 18.5 Å². The first kappa shape index (κ1) is 21.3. The minimum absolute atomic E-state index is 0.0489. The number of hydrogen-bond donors (Lipinski definition) is 2. The van der Waals surface area contributed by atoms with Crippen LogP contribution in [0.4, 0.5) is 0 Å². The van der Waals surface area contributed by atoms with Gasteiger partial charge < -0.3 is 19.7 Å². The molecule has 154 valence electrons. The molecule has 1 aromatic carbocycles. The molecule has 0 unspecified atom stereocenters. The zero-order valence-electron chi connectivity index (χ0n) is 18.0. The maximum atomic E-state index is 12.6. The van der Waals surface area contributed by atoms with Gasteiger partial charge in [-0.05, 0) is 90.7 Å². The maximum Gasteiger partial charge on any atom is 0.494 e. The summed E-state index contributed by atoms with van der Waals surface area (Å²) >= 11 is 0. The Morgan fingerprint density at radius 3 is 2.00 bits per heavy atom. The SMILES string of the molecule is CC1(C)OB(c2ccc(C(=O)N[C@H]3CC[C@H](C(C)(C)O)CC3)cc2)OC1(C)C. The second kappa shape index (κ2) is 7.47. The number of carbonyl (C=O) groups is 1. The highest BCUT2D eigenvalue weighted by Crippen LogP contribution is 2.36. The second-order valence-corrected chi connectivity index (χ2v) is 9.89. The minimum atomic E-state index is -0.641. The summed E-state index contributed by atoms with van der Waals surface area (Å²) < 4.78 is 12.1. The molecule has 5 nitrogen and oxygen atoms in total. The van der Waals surface area contributed by atoms with E-state index in [1.807, 2.05) is 65.8 Å². The van der Waals surface area contributed by atoms with E-state index in [0.29, 0.717) is 11.5 Å². The van der Waals surface area contributed by atoms with Crippen molar-refractivity contribution in [3.63, 3.8) is 0 Å². The molecule has 0 spiro atoms. The fraction of sp³-hybridized carbons (Fsp3) is 0.682. The smallest absolute Gasteiger partial charge is 0.399 e. The molecule has 1 aliphatic carbocycles. The van der Waals surface area contributed by atoms with Crippen LogP contribution in [-0.2, 0) is 9.31 Å². The fourth-order valence-electron chi connectivity index (χ4n) is 3.98. The fourth-order valence-corrected chi connectivity index (χ4v) is 3.98. The lowest BCUT2D eigenvalue weighted by molar-refractivity contribution is -0.00257. The quantitative estimate of drug-likeness (QED) is 0.780. The predicted octanol–water partition coefficient (Wildman–Crippen LogP) is 3.05. The standard InChI is InChI=1S/C22H34BNO4/c1-20(2,26)16-9-13-18(14-10-16)24-19(25)15-7-11-17(12-8-15)23-27-21(3,4)22(5,6)28-23/h7-8,11-12,16,18,26H,9-10,13-14H2,1-6H3,(H,24,25)/t16-,18-. The third-order valence-electron chi connectivity index (χ3n) is 6.76. The van der Waals surface area contributed by atoms with Crippen molar-refractivity contribution in [3.8, 4) is 0 Å². The predicted molar refractivity (Wildman–Crippen MR) is 112 cm³/mol. The van der Waals surface area contributed by atoms with Gasteiger partial charge in [0.05, 0.1) is 16.8 Å². The molecule has 2 aliphatic rings. The lowest BCUT2D eigenvalue weighted by Crippen LogP contribution is -2.42. The third kappa shape index (κ3) is 4.45. The van der Waals surface area contributed by atoms with Crippen LogP contribution in [0.5, 0.6) is 0 Å².